The summed E-state index contributed by atoms with van der Waals surface area (Å²) in [6.45, 7) is 0. The average Bonchev–Trinajstić information content (AvgIpc) is 2.35. The predicted octanol–water partition coefficient (Wildman–Crippen LogP) is 0.0167. The molecule has 1 heterocycles. The molecule has 0 aliphatic heterocycles. The second kappa shape index (κ2) is 5.30. The maximum atomic E-state index is 9.63. The van der Waals surface area contributed by atoms with Crippen LogP contribution < -0.4 is 9.47 Å². The number of hydrogen-bond donors (Lipinski definition) is 2. The second-order valence-corrected chi connectivity index (χ2v) is 2.97. The van der Waals surface area contributed by atoms with Crippen molar-refractivity contribution in [2.75, 3.05) is 14.2 Å². The largest absolute Gasteiger partial charge is 0.481 e. The Balaban J connectivity index is 3.09. The van der Waals surface area contributed by atoms with Crippen LogP contribution in [0.5, 0.6) is 11.8 Å². The van der Waals surface area contributed by atoms with Gasteiger partial charge in [0.05, 0.1) is 20.3 Å². The van der Waals surface area contributed by atoms with Gasteiger partial charge in [-0.25, -0.2) is 0 Å². The van der Waals surface area contributed by atoms with E-state index in [1.54, 1.807) is 0 Å². The zero-order valence-electron chi connectivity index (χ0n) is 8.91. The highest BCUT2D eigenvalue weighted by Gasteiger charge is 2.22. The summed E-state index contributed by atoms with van der Waals surface area (Å²) in [6.07, 6.45) is -2.89. The van der Waals surface area contributed by atoms with Gasteiger partial charge in [-0.2, -0.15) is 10.2 Å². The van der Waals surface area contributed by atoms with Gasteiger partial charge in [0.2, 0.25) is 11.8 Å². The third-order valence-electron chi connectivity index (χ3n) is 2.02. The smallest absolute Gasteiger partial charge is 0.222 e. The van der Waals surface area contributed by atoms with E-state index in [4.69, 9.17) is 14.7 Å². The molecule has 0 radical (unpaired) electrons. The Hall–Kier alpha value is -1.84. The summed E-state index contributed by atoms with van der Waals surface area (Å²) < 4.78 is 9.81. The molecular weight excluding hydrogens is 212 g/mol. The van der Waals surface area contributed by atoms with Crippen LogP contribution in [0.25, 0.3) is 0 Å². The second-order valence-electron chi connectivity index (χ2n) is 2.97. The number of aliphatic hydroxyl groups is 2. The van der Waals surface area contributed by atoms with Crippen molar-refractivity contribution in [2.24, 2.45) is 0 Å². The van der Waals surface area contributed by atoms with E-state index in [9.17, 15) is 10.2 Å². The molecule has 2 N–H and O–H groups in total. The van der Waals surface area contributed by atoms with Crippen molar-refractivity contribution < 1.29 is 19.7 Å². The number of pyridine rings is 1. The zero-order chi connectivity index (χ0) is 12.1. The summed E-state index contributed by atoms with van der Waals surface area (Å²) in [6, 6.07) is 4.52. The Morgan fingerprint density at radius 3 is 2.50 bits per heavy atom. The Kier molecular flexibility index (Phi) is 4.05. The van der Waals surface area contributed by atoms with Gasteiger partial charge in [0.25, 0.3) is 0 Å². The number of aromatic nitrogens is 1. The molecule has 0 saturated heterocycles. The number of nitriles is 1. The molecule has 16 heavy (non-hydrogen) atoms. The molecule has 1 aromatic heterocycles. The topological polar surface area (TPSA) is 95.6 Å². The minimum Gasteiger partial charge on any atom is -0.481 e. The van der Waals surface area contributed by atoms with Crippen LogP contribution in [0.4, 0.5) is 0 Å². The minimum atomic E-state index is -1.52. The van der Waals surface area contributed by atoms with Crippen molar-refractivity contribution in [2.45, 2.75) is 12.2 Å². The normalized spacial score (nSPS) is 13.7. The maximum Gasteiger partial charge on any atom is 0.222 e. The Morgan fingerprint density at radius 1 is 1.31 bits per heavy atom. The Morgan fingerprint density at radius 2 is 2.00 bits per heavy atom. The molecule has 0 aromatic carbocycles. The van der Waals surface area contributed by atoms with Gasteiger partial charge in [0, 0.05) is 11.6 Å². The van der Waals surface area contributed by atoms with Crippen molar-refractivity contribution in [1.29, 1.82) is 5.26 Å². The van der Waals surface area contributed by atoms with Gasteiger partial charge in [-0.1, -0.05) is 0 Å². The van der Waals surface area contributed by atoms with E-state index in [0.717, 1.165) is 0 Å². The molecule has 6 heteroatoms. The molecular formula is C10H12N2O4. The molecule has 0 saturated carbocycles. The number of nitrogens with zero attached hydrogens (tertiary/aromatic N) is 2. The highest BCUT2D eigenvalue weighted by Crippen LogP contribution is 2.27. The molecule has 2 unspecified atom stereocenters. The number of methoxy groups -OCH3 is 2. The number of hydrogen-bond acceptors (Lipinski definition) is 6. The van der Waals surface area contributed by atoms with Crippen molar-refractivity contribution >= 4 is 0 Å². The van der Waals surface area contributed by atoms with Crippen LogP contribution in [0.3, 0.4) is 0 Å². The lowest BCUT2D eigenvalue weighted by Gasteiger charge is -2.15. The van der Waals surface area contributed by atoms with Gasteiger partial charge in [0.1, 0.15) is 6.10 Å². The fourth-order valence-electron chi connectivity index (χ4n) is 1.18. The lowest BCUT2D eigenvalue weighted by atomic mass is 10.1. The number of rotatable bonds is 4. The molecule has 0 aliphatic rings. The standard InChI is InChI=1S/C10H12N2O4/c1-15-8-4-3-6(10(12-8)16-2)9(14)7(13)5-11/h3-4,7,9,13-14H,1-2H3. The van der Waals surface area contributed by atoms with E-state index < -0.39 is 12.2 Å². The van der Waals surface area contributed by atoms with Crippen LogP contribution in [0.15, 0.2) is 12.1 Å². The van der Waals surface area contributed by atoms with Crippen molar-refractivity contribution in [3.05, 3.63) is 17.7 Å². The first-order valence-corrected chi connectivity index (χ1v) is 4.48. The first-order valence-electron chi connectivity index (χ1n) is 4.48. The molecule has 2 atom stereocenters. The summed E-state index contributed by atoms with van der Waals surface area (Å²) in [5, 5.41) is 27.3. The zero-order valence-corrected chi connectivity index (χ0v) is 8.91. The molecule has 0 spiro atoms. The van der Waals surface area contributed by atoms with E-state index >= 15 is 0 Å². The van der Waals surface area contributed by atoms with Gasteiger partial charge in [-0.15, -0.1) is 0 Å². The van der Waals surface area contributed by atoms with Gasteiger partial charge in [-0.05, 0) is 6.07 Å². The SMILES string of the molecule is COc1ccc(C(O)C(O)C#N)c(OC)n1. The third kappa shape index (κ3) is 2.39. The minimum absolute atomic E-state index is 0.112. The predicted molar refractivity (Wildman–Crippen MR) is 53.9 cm³/mol. The van der Waals surface area contributed by atoms with E-state index in [1.165, 1.54) is 32.4 Å². The highest BCUT2D eigenvalue weighted by atomic mass is 16.5. The van der Waals surface area contributed by atoms with E-state index in [-0.39, 0.29) is 11.4 Å². The van der Waals surface area contributed by atoms with Crippen LogP contribution >= 0.6 is 0 Å². The van der Waals surface area contributed by atoms with Crippen LogP contribution in [0, 0.1) is 11.3 Å². The Labute approximate surface area is 92.7 Å². The molecule has 0 amide bonds. The van der Waals surface area contributed by atoms with Gasteiger partial charge < -0.3 is 19.7 Å². The van der Waals surface area contributed by atoms with Crippen molar-refractivity contribution in [3.63, 3.8) is 0 Å². The van der Waals surface area contributed by atoms with Crippen LogP contribution in [0.2, 0.25) is 0 Å². The fourth-order valence-corrected chi connectivity index (χ4v) is 1.18. The van der Waals surface area contributed by atoms with Crippen LogP contribution in [0.1, 0.15) is 11.7 Å². The molecule has 0 aliphatic carbocycles. The summed E-state index contributed by atoms with van der Waals surface area (Å²) in [4.78, 5) is 3.92. The molecule has 86 valence electrons. The number of aliphatic hydroxyl groups excluding tert-OH is 2. The van der Waals surface area contributed by atoms with Gasteiger partial charge >= 0.3 is 0 Å². The summed E-state index contributed by atoms with van der Waals surface area (Å²) in [5.41, 5.74) is 0.234. The third-order valence-corrected chi connectivity index (χ3v) is 2.02. The van der Waals surface area contributed by atoms with E-state index in [0.29, 0.717) is 5.88 Å². The Bertz CT molecular complexity index is 402. The quantitative estimate of drug-likeness (QED) is 0.700. The lowest BCUT2D eigenvalue weighted by Crippen LogP contribution is -2.17. The molecule has 0 bridgehead atoms. The monoisotopic (exact) mass is 224 g/mol. The first kappa shape index (κ1) is 12.2. The number of ether oxygens (including phenoxy) is 2. The fraction of sp³-hybridized carbons (Fsp3) is 0.400. The van der Waals surface area contributed by atoms with Gasteiger partial charge in [-0.3, -0.25) is 0 Å². The van der Waals surface area contributed by atoms with Gasteiger partial charge in [0.15, 0.2) is 6.10 Å². The van der Waals surface area contributed by atoms with E-state index in [2.05, 4.69) is 4.98 Å². The molecule has 1 aromatic rings. The summed E-state index contributed by atoms with van der Waals surface area (Å²) in [7, 11) is 2.82. The van der Waals surface area contributed by atoms with Crippen LogP contribution in [-0.4, -0.2) is 35.5 Å². The van der Waals surface area contributed by atoms with Crippen molar-refractivity contribution in [1.82, 2.24) is 4.98 Å². The van der Waals surface area contributed by atoms with E-state index in [1.807, 2.05) is 0 Å². The lowest BCUT2D eigenvalue weighted by molar-refractivity contribution is 0.0505. The molecule has 1 rings (SSSR count). The highest BCUT2D eigenvalue weighted by molar-refractivity contribution is 5.33. The first-order chi connectivity index (χ1) is 7.63. The maximum absolute atomic E-state index is 9.63. The summed E-state index contributed by atoms with van der Waals surface area (Å²) >= 11 is 0. The van der Waals surface area contributed by atoms with Crippen molar-refractivity contribution in [3.8, 4) is 17.8 Å². The summed E-state index contributed by atoms with van der Waals surface area (Å²) in [5.74, 6) is 0.431. The van der Waals surface area contributed by atoms with Crippen LogP contribution in [-0.2, 0) is 0 Å². The molecule has 6 nitrogen and oxygen atoms in total. The average molecular weight is 224 g/mol. The molecule has 0 fully saturated rings.